The molecule has 1 fully saturated rings. The van der Waals surface area contributed by atoms with Gasteiger partial charge in [-0.1, -0.05) is 12.8 Å². The lowest BCUT2D eigenvalue weighted by molar-refractivity contribution is 0.577. The zero-order valence-corrected chi connectivity index (χ0v) is 16.6. The molecule has 6 nitrogen and oxygen atoms in total. The molecule has 0 heterocycles. The maximum absolute atomic E-state index is 12.2. The number of sulfonamides is 1. The molecule has 1 aliphatic carbocycles. The molecule has 1 aromatic carbocycles. The zero-order valence-electron chi connectivity index (χ0n) is 14.2. The molecule has 9 heteroatoms. The molecule has 1 aliphatic rings. The molecule has 0 spiro atoms. The van der Waals surface area contributed by atoms with Gasteiger partial charge in [-0.05, 0) is 68.7 Å². The highest BCUT2D eigenvalue weighted by atomic mass is 35.5. The Balaban J connectivity index is 0.00000312. The summed E-state index contributed by atoms with van der Waals surface area (Å²) in [7, 11) is -3.47. The topological polar surface area (TPSA) is 96.2 Å². The van der Waals surface area contributed by atoms with Gasteiger partial charge in [0.15, 0.2) is 5.11 Å². The van der Waals surface area contributed by atoms with Gasteiger partial charge in [0.05, 0.1) is 4.90 Å². The summed E-state index contributed by atoms with van der Waals surface area (Å²) in [5, 5.41) is 6.97. The van der Waals surface area contributed by atoms with Crippen molar-refractivity contribution >= 4 is 45.4 Å². The van der Waals surface area contributed by atoms with E-state index >= 15 is 0 Å². The summed E-state index contributed by atoms with van der Waals surface area (Å²) in [6.07, 6.45) is 6.31. The SMILES string of the molecule is Cl.NCCCCNS(=O)(=O)c1ccc(NC(=S)NC2CCCC2)cc1. The minimum absolute atomic E-state index is 0. The van der Waals surface area contributed by atoms with Gasteiger partial charge < -0.3 is 16.4 Å². The Morgan fingerprint density at radius 2 is 1.80 bits per heavy atom. The van der Waals surface area contributed by atoms with Crippen LogP contribution in [0.25, 0.3) is 0 Å². The summed E-state index contributed by atoms with van der Waals surface area (Å²) < 4.78 is 26.9. The van der Waals surface area contributed by atoms with Crippen molar-refractivity contribution in [3.05, 3.63) is 24.3 Å². The Hall–Kier alpha value is -0.930. The second-order valence-electron chi connectivity index (χ2n) is 6.00. The third kappa shape index (κ3) is 7.45. The zero-order chi connectivity index (χ0) is 17.4. The average Bonchev–Trinajstić information content (AvgIpc) is 3.05. The van der Waals surface area contributed by atoms with Crippen LogP contribution in [0, 0.1) is 0 Å². The van der Waals surface area contributed by atoms with Crippen LogP contribution in [-0.2, 0) is 10.0 Å². The second kappa shape index (κ2) is 10.9. The van der Waals surface area contributed by atoms with Crippen LogP contribution in [0.4, 0.5) is 5.69 Å². The van der Waals surface area contributed by atoms with Crippen LogP contribution >= 0.6 is 24.6 Å². The van der Waals surface area contributed by atoms with Crippen LogP contribution in [0.15, 0.2) is 29.2 Å². The lowest BCUT2D eigenvalue weighted by Gasteiger charge is -2.16. The third-order valence-electron chi connectivity index (χ3n) is 4.04. The Morgan fingerprint density at radius 3 is 2.40 bits per heavy atom. The molecule has 5 N–H and O–H groups in total. The van der Waals surface area contributed by atoms with E-state index in [1.165, 1.54) is 12.8 Å². The minimum Gasteiger partial charge on any atom is -0.360 e. The number of nitrogens with one attached hydrogen (secondary N) is 3. The number of rotatable bonds is 8. The van der Waals surface area contributed by atoms with Crippen molar-refractivity contribution in [1.29, 1.82) is 0 Å². The molecule has 1 saturated carbocycles. The molecule has 2 rings (SSSR count). The highest BCUT2D eigenvalue weighted by Gasteiger charge is 2.16. The summed E-state index contributed by atoms with van der Waals surface area (Å²) in [4.78, 5) is 0.246. The maximum atomic E-state index is 12.2. The van der Waals surface area contributed by atoms with Gasteiger partial charge >= 0.3 is 0 Å². The van der Waals surface area contributed by atoms with Gasteiger partial charge in [0.25, 0.3) is 0 Å². The van der Waals surface area contributed by atoms with Crippen LogP contribution in [0.5, 0.6) is 0 Å². The number of anilines is 1. The van der Waals surface area contributed by atoms with Gasteiger partial charge in [0.1, 0.15) is 0 Å². The number of thiocarbonyl (C=S) groups is 1. The molecule has 0 radical (unpaired) electrons. The van der Waals surface area contributed by atoms with Crippen LogP contribution in [0.2, 0.25) is 0 Å². The number of nitrogens with two attached hydrogens (primary N) is 1. The first-order valence-electron chi connectivity index (χ1n) is 8.38. The summed E-state index contributed by atoms with van der Waals surface area (Å²) in [5.41, 5.74) is 6.17. The van der Waals surface area contributed by atoms with Crippen LogP contribution in [-0.4, -0.2) is 32.7 Å². The summed E-state index contributed by atoms with van der Waals surface area (Å²) in [5.74, 6) is 0. The predicted molar refractivity (Wildman–Crippen MR) is 109 cm³/mol. The van der Waals surface area contributed by atoms with E-state index in [1.54, 1.807) is 24.3 Å². The van der Waals surface area contributed by atoms with E-state index in [0.29, 0.717) is 24.2 Å². The van der Waals surface area contributed by atoms with Gasteiger partial charge in [0, 0.05) is 18.3 Å². The molecule has 0 amide bonds. The van der Waals surface area contributed by atoms with Crippen molar-refractivity contribution in [1.82, 2.24) is 10.0 Å². The fourth-order valence-electron chi connectivity index (χ4n) is 2.70. The van der Waals surface area contributed by atoms with E-state index in [2.05, 4.69) is 15.4 Å². The van der Waals surface area contributed by atoms with Crippen molar-refractivity contribution in [3.8, 4) is 0 Å². The Morgan fingerprint density at radius 1 is 1.16 bits per heavy atom. The summed E-state index contributed by atoms with van der Waals surface area (Å²) >= 11 is 5.30. The molecular weight excluding hydrogens is 380 g/mol. The minimum atomic E-state index is -3.47. The highest BCUT2D eigenvalue weighted by Crippen LogP contribution is 2.18. The van der Waals surface area contributed by atoms with Crippen LogP contribution in [0.3, 0.4) is 0 Å². The summed E-state index contributed by atoms with van der Waals surface area (Å²) in [6, 6.07) is 7.04. The van der Waals surface area contributed by atoms with Crippen molar-refractivity contribution in [2.75, 3.05) is 18.4 Å². The smallest absolute Gasteiger partial charge is 0.240 e. The summed E-state index contributed by atoms with van der Waals surface area (Å²) in [6.45, 7) is 0.964. The number of halogens is 1. The number of hydrogen-bond donors (Lipinski definition) is 4. The average molecular weight is 407 g/mol. The number of benzene rings is 1. The molecular formula is C16H27ClN4O2S2. The quantitative estimate of drug-likeness (QED) is 0.391. The van der Waals surface area contributed by atoms with E-state index < -0.39 is 10.0 Å². The Labute approximate surface area is 161 Å². The van der Waals surface area contributed by atoms with Gasteiger partial charge in [0.2, 0.25) is 10.0 Å². The monoisotopic (exact) mass is 406 g/mol. The molecule has 0 saturated heterocycles. The number of unbranched alkanes of at least 4 members (excludes halogenated alkanes) is 1. The third-order valence-corrected chi connectivity index (χ3v) is 5.73. The van der Waals surface area contributed by atoms with Crippen LogP contribution < -0.4 is 21.1 Å². The van der Waals surface area contributed by atoms with Crippen LogP contribution in [0.1, 0.15) is 38.5 Å². The van der Waals surface area contributed by atoms with E-state index in [1.807, 2.05) is 0 Å². The van der Waals surface area contributed by atoms with E-state index in [-0.39, 0.29) is 17.3 Å². The first-order chi connectivity index (χ1) is 11.5. The first-order valence-corrected chi connectivity index (χ1v) is 10.3. The van der Waals surface area contributed by atoms with Crippen molar-refractivity contribution < 1.29 is 8.42 Å². The fraction of sp³-hybridized carbons (Fsp3) is 0.562. The fourth-order valence-corrected chi connectivity index (χ4v) is 4.06. The normalized spacial score (nSPS) is 14.8. The van der Waals surface area contributed by atoms with Crippen molar-refractivity contribution in [3.63, 3.8) is 0 Å². The van der Waals surface area contributed by atoms with E-state index in [9.17, 15) is 8.42 Å². The lowest BCUT2D eigenvalue weighted by atomic mass is 10.2. The molecule has 1 aromatic rings. The molecule has 142 valence electrons. The molecule has 0 aliphatic heterocycles. The second-order valence-corrected chi connectivity index (χ2v) is 8.17. The van der Waals surface area contributed by atoms with Gasteiger partial charge in [-0.25, -0.2) is 13.1 Å². The van der Waals surface area contributed by atoms with Gasteiger partial charge in [-0.15, -0.1) is 12.4 Å². The molecule has 0 bridgehead atoms. The van der Waals surface area contributed by atoms with E-state index in [0.717, 1.165) is 31.4 Å². The molecule has 0 atom stereocenters. The molecule has 0 unspecified atom stereocenters. The lowest BCUT2D eigenvalue weighted by Crippen LogP contribution is -2.35. The van der Waals surface area contributed by atoms with Gasteiger partial charge in [-0.3, -0.25) is 0 Å². The van der Waals surface area contributed by atoms with E-state index in [4.69, 9.17) is 18.0 Å². The maximum Gasteiger partial charge on any atom is 0.240 e. The van der Waals surface area contributed by atoms with Crippen molar-refractivity contribution in [2.45, 2.75) is 49.5 Å². The highest BCUT2D eigenvalue weighted by molar-refractivity contribution is 7.89. The Bertz CT molecular complexity index is 632. The predicted octanol–water partition coefficient (Wildman–Crippen LogP) is 2.35. The number of hydrogen-bond acceptors (Lipinski definition) is 4. The van der Waals surface area contributed by atoms with Crippen molar-refractivity contribution in [2.24, 2.45) is 5.73 Å². The Kier molecular flexibility index (Phi) is 9.66. The van der Waals surface area contributed by atoms with Gasteiger partial charge in [-0.2, -0.15) is 0 Å². The molecule has 25 heavy (non-hydrogen) atoms. The first kappa shape index (κ1) is 22.1. The molecule has 0 aromatic heterocycles. The largest absolute Gasteiger partial charge is 0.360 e. The standard InChI is InChI=1S/C16H26N4O2S2.ClH/c17-11-3-4-12-18-24(21,22)15-9-7-14(8-10-15)20-16(23)19-13-5-1-2-6-13;/h7-10,13,18H,1-6,11-12,17H2,(H2,19,20,23);1H.